The van der Waals surface area contributed by atoms with E-state index in [0.717, 1.165) is 12.8 Å². The predicted molar refractivity (Wildman–Crippen MR) is 123 cm³/mol. The van der Waals surface area contributed by atoms with Crippen molar-refractivity contribution in [2.45, 2.75) is 18.9 Å². The Kier molecular flexibility index (Phi) is 5.17. The molecule has 0 unspecified atom stereocenters. The molecule has 4 aromatic rings. The van der Waals surface area contributed by atoms with Crippen molar-refractivity contribution in [2.24, 2.45) is 0 Å². The first-order valence-corrected chi connectivity index (χ1v) is 10.5. The molecule has 0 aliphatic heterocycles. The molecule has 0 spiro atoms. The SMILES string of the molecule is CNc1cc(Nc2cccn(-c3ccc(C(=O)O)cn3)c2=O)nn2c(C(=O)NC3CC3)cnc12. The van der Waals surface area contributed by atoms with E-state index in [4.69, 9.17) is 5.11 Å². The Morgan fingerprint density at radius 1 is 1.12 bits per heavy atom. The van der Waals surface area contributed by atoms with Gasteiger partial charge < -0.3 is 21.1 Å². The maximum Gasteiger partial charge on any atom is 0.337 e. The Labute approximate surface area is 192 Å². The first-order chi connectivity index (χ1) is 16.4. The van der Waals surface area contributed by atoms with E-state index in [-0.39, 0.29) is 34.7 Å². The summed E-state index contributed by atoms with van der Waals surface area (Å²) in [5.41, 5.74) is 1.19. The molecule has 1 fully saturated rings. The highest BCUT2D eigenvalue weighted by Crippen LogP contribution is 2.23. The van der Waals surface area contributed by atoms with Crippen LogP contribution in [0.4, 0.5) is 17.2 Å². The summed E-state index contributed by atoms with van der Waals surface area (Å²) in [7, 11) is 1.72. The fourth-order valence-corrected chi connectivity index (χ4v) is 3.42. The molecule has 12 nitrogen and oxygen atoms in total. The molecule has 34 heavy (non-hydrogen) atoms. The molecule has 4 aromatic heterocycles. The van der Waals surface area contributed by atoms with Crippen LogP contribution in [-0.4, -0.2) is 54.2 Å². The molecule has 0 bridgehead atoms. The summed E-state index contributed by atoms with van der Waals surface area (Å²) >= 11 is 0. The topological polar surface area (TPSA) is 156 Å². The Bertz CT molecular complexity index is 1470. The number of carboxylic acid groups (broad SMARTS) is 1. The lowest BCUT2D eigenvalue weighted by atomic mass is 10.3. The number of aromatic carboxylic acids is 1. The largest absolute Gasteiger partial charge is 0.478 e. The number of carbonyl (C=O) groups excluding carboxylic acids is 1. The number of anilines is 3. The minimum Gasteiger partial charge on any atom is -0.478 e. The molecule has 0 radical (unpaired) electrons. The summed E-state index contributed by atoms with van der Waals surface area (Å²) in [6.07, 6.45) is 6.10. The molecule has 1 amide bonds. The molecule has 1 saturated carbocycles. The van der Waals surface area contributed by atoms with Gasteiger partial charge in [-0.15, -0.1) is 5.10 Å². The van der Waals surface area contributed by atoms with Gasteiger partial charge in [-0.3, -0.25) is 14.2 Å². The second-order valence-corrected chi connectivity index (χ2v) is 7.75. The summed E-state index contributed by atoms with van der Waals surface area (Å²) in [6.45, 7) is 0. The van der Waals surface area contributed by atoms with Crippen molar-refractivity contribution in [2.75, 3.05) is 17.7 Å². The highest BCUT2D eigenvalue weighted by molar-refractivity contribution is 5.94. The number of carbonyl (C=O) groups is 2. The summed E-state index contributed by atoms with van der Waals surface area (Å²) in [5.74, 6) is -0.779. The number of carboxylic acids is 1. The summed E-state index contributed by atoms with van der Waals surface area (Å²) in [4.78, 5) is 45.1. The molecule has 172 valence electrons. The zero-order chi connectivity index (χ0) is 23.8. The average molecular weight is 460 g/mol. The van der Waals surface area contributed by atoms with Crippen molar-refractivity contribution in [3.05, 3.63) is 70.5 Å². The van der Waals surface area contributed by atoms with Gasteiger partial charge >= 0.3 is 5.97 Å². The maximum absolute atomic E-state index is 13.1. The van der Waals surface area contributed by atoms with E-state index in [0.29, 0.717) is 17.2 Å². The van der Waals surface area contributed by atoms with Crippen molar-refractivity contribution in [3.63, 3.8) is 0 Å². The van der Waals surface area contributed by atoms with Crippen LogP contribution in [0.25, 0.3) is 11.5 Å². The Balaban J connectivity index is 1.50. The molecular formula is C22H20N8O4. The van der Waals surface area contributed by atoms with Gasteiger partial charge in [0.05, 0.1) is 17.4 Å². The van der Waals surface area contributed by atoms with Gasteiger partial charge in [0.25, 0.3) is 11.5 Å². The number of rotatable bonds is 7. The van der Waals surface area contributed by atoms with Crippen molar-refractivity contribution in [1.29, 1.82) is 0 Å². The van der Waals surface area contributed by atoms with Crippen LogP contribution in [0.5, 0.6) is 0 Å². The molecule has 0 saturated heterocycles. The molecule has 4 N–H and O–H groups in total. The van der Waals surface area contributed by atoms with E-state index < -0.39 is 11.5 Å². The van der Waals surface area contributed by atoms with Gasteiger partial charge in [0.15, 0.2) is 17.2 Å². The highest BCUT2D eigenvalue weighted by Gasteiger charge is 2.26. The molecular weight excluding hydrogens is 440 g/mol. The van der Waals surface area contributed by atoms with Gasteiger partial charge in [-0.05, 0) is 37.1 Å². The zero-order valence-corrected chi connectivity index (χ0v) is 18.0. The minimum absolute atomic E-state index is 0.0186. The molecule has 1 aliphatic rings. The number of aromatic nitrogens is 5. The van der Waals surface area contributed by atoms with Crippen LogP contribution in [0.15, 0.2) is 53.7 Å². The minimum atomic E-state index is -1.10. The number of nitrogens with one attached hydrogen (secondary N) is 3. The second-order valence-electron chi connectivity index (χ2n) is 7.75. The van der Waals surface area contributed by atoms with E-state index >= 15 is 0 Å². The van der Waals surface area contributed by atoms with Gasteiger partial charge in [0.1, 0.15) is 11.5 Å². The molecule has 0 aromatic carbocycles. The number of pyridine rings is 2. The van der Waals surface area contributed by atoms with Crippen molar-refractivity contribution in [1.82, 2.24) is 29.5 Å². The van der Waals surface area contributed by atoms with Gasteiger partial charge in [0.2, 0.25) is 0 Å². The Hall–Kier alpha value is -4.74. The molecule has 5 rings (SSSR count). The quantitative estimate of drug-likeness (QED) is 0.322. The monoisotopic (exact) mass is 460 g/mol. The predicted octanol–water partition coefficient (Wildman–Crippen LogP) is 1.65. The summed E-state index contributed by atoms with van der Waals surface area (Å²) in [6, 6.07) is 7.93. The van der Waals surface area contributed by atoms with Crippen LogP contribution < -0.4 is 21.5 Å². The molecule has 4 heterocycles. The number of fused-ring (bicyclic) bond motifs is 1. The van der Waals surface area contributed by atoms with Gasteiger partial charge in [-0.1, -0.05) is 0 Å². The van der Waals surface area contributed by atoms with Crippen LogP contribution in [0, 0.1) is 0 Å². The Morgan fingerprint density at radius 3 is 2.62 bits per heavy atom. The van der Waals surface area contributed by atoms with Crippen LogP contribution in [0.3, 0.4) is 0 Å². The lowest BCUT2D eigenvalue weighted by Gasteiger charge is -2.11. The van der Waals surface area contributed by atoms with E-state index in [2.05, 4.69) is 31.0 Å². The van der Waals surface area contributed by atoms with E-state index in [1.807, 2.05) is 0 Å². The van der Waals surface area contributed by atoms with Gasteiger partial charge in [-0.25, -0.2) is 19.3 Å². The van der Waals surface area contributed by atoms with Crippen LogP contribution in [-0.2, 0) is 0 Å². The van der Waals surface area contributed by atoms with Crippen LogP contribution >= 0.6 is 0 Å². The van der Waals surface area contributed by atoms with Gasteiger partial charge in [-0.2, -0.15) is 0 Å². The highest BCUT2D eigenvalue weighted by atomic mass is 16.4. The fourth-order valence-electron chi connectivity index (χ4n) is 3.42. The van der Waals surface area contributed by atoms with Crippen LogP contribution in [0.2, 0.25) is 0 Å². The van der Waals surface area contributed by atoms with Crippen molar-refractivity contribution >= 4 is 34.7 Å². The van der Waals surface area contributed by atoms with Crippen LogP contribution in [0.1, 0.15) is 33.7 Å². The van der Waals surface area contributed by atoms with E-state index in [1.165, 1.54) is 39.8 Å². The Morgan fingerprint density at radius 2 is 1.94 bits per heavy atom. The lowest BCUT2D eigenvalue weighted by molar-refractivity contribution is 0.0696. The molecule has 0 atom stereocenters. The van der Waals surface area contributed by atoms with E-state index in [1.54, 1.807) is 25.2 Å². The third-order valence-electron chi connectivity index (χ3n) is 5.33. The van der Waals surface area contributed by atoms with Crippen molar-refractivity contribution < 1.29 is 14.7 Å². The third kappa shape index (κ3) is 3.92. The number of imidazole rings is 1. The summed E-state index contributed by atoms with van der Waals surface area (Å²) in [5, 5.41) is 22.5. The summed E-state index contributed by atoms with van der Waals surface area (Å²) < 4.78 is 2.72. The third-order valence-corrected chi connectivity index (χ3v) is 5.33. The number of nitrogens with zero attached hydrogens (tertiary/aromatic N) is 5. The van der Waals surface area contributed by atoms with Crippen molar-refractivity contribution in [3.8, 4) is 5.82 Å². The first kappa shape index (κ1) is 21.1. The number of hydrogen-bond acceptors (Lipinski definition) is 8. The average Bonchev–Trinajstić information content (AvgIpc) is 3.55. The van der Waals surface area contributed by atoms with Gasteiger partial charge in [0, 0.05) is 31.5 Å². The molecule has 1 aliphatic carbocycles. The number of amides is 1. The fraction of sp³-hybridized carbons (Fsp3) is 0.182. The number of hydrogen-bond donors (Lipinski definition) is 4. The standard InChI is InChI=1S/C22H20N8O4/c1-23-15-9-17(28-30-16(11-25-19(15)30)20(31)26-13-5-6-13)27-14-3-2-8-29(21(14)32)18-7-4-12(10-24-18)22(33)34/h2-4,7-11,13,23H,5-6H2,1H3,(H,26,31)(H,27,28)(H,33,34). The smallest absolute Gasteiger partial charge is 0.337 e. The first-order valence-electron chi connectivity index (χ1n) is 10.5. The lowest BCUT2D eigenvalue weighted by Crippen LogP contribution is -2.27. The maximum atomic E-state index is 13.1. The second kappa shape index (κ2) is 8.31. The molecule has 12 heteroatoms. The normalized spacial score (nSPS) is 13.0. The van der Waals surface area contributed by atoms with E-state index in [9.17, 15) is 14.4 Å². The zero-order valence-electron chi connectivity index (χ0n) is 18.0.